The van der Waals surface area contributed by atoms with E-state index in [0.29, 0.717) is 18.5 Å². The van der Waals surface area contributed by atoms with Crippen LogP contribution in [0.5, 0.6) is 0 Å². The molecular formula is C18H18BrO3P. The van der Waals surface area contributed by atoms with Gasteiger partial charge in [-0.05, 0) is 69.5 Å². The zero-order chi connectivity index (χ0) is 16.4. The van der Waals surface area contributed by atoms with Gasteiger partial charge in [-0.15, -0.1) is 0 Å². The van der Waals surface area contributed by atoms with Gasteiger partial charge in [0, 0.05) is 4.47 Å². The van der Waals surface area contributed by atoms with Gasteiger partial charge in [0.25, 0.3) is 0 Å². The summed E-state index contributed by atoms with van der Waals surface area (Å²) < 4.78 is 24.8. The Labute approximate surface area is 144 Å². The number of hydrogen-bond acceptors (Lipinski definition) is 3. The van der Waals surface area contributed by atoms with Crippen LogP contribution in [0.1, 0.15) is 13.8 Å². The van der Waals surface area contributed by atoms with Gasteiger partial charge >= 0.3 is 7.60 Å². The van der Waals surface area contributed by atoms with Crippen molar-refractivity contribution >= 4 is 50.4 Å². The van der Waals surface area contributed by atoms with Gasteiger partial charge in [-0.25, -0.2) is 0 Å². The minimum atomic E-state index is -3.32. The van der Waals surface area contributed by atoms with Gasteiger partial charge in [0.15, 0.2) is 0 Å². The lowest BCUT2D eigenvalue weighted by Gasteiger charge is -2.19. The number of halogens is 1. The quantitative estimate of drug-likeness (QED) is 0.415. The first-order chi connectivity index (χ1) is 11.1. The molecule has 0 N–H and O–H groups in total. The van der Waals surface area contributed by atoms with Crippen LogP contribution in [-0.2, 0) is 13.6 Å². The van der Waals surface area contributed by atoms with Crippen molar-refractivity contribution in [3.05, 3.63) is 53.0 Å². The molecule has 3 nitrogen and oxygen atoms in total. The maximum atomic E-state index is 13.1. The van der Waals surface area contributed by atoms with E-state index in [1.54, 1.807) is 0 Å². The molecule has 0 spiro atoms. The van der Waals surface area contributed by atoms with Crippen molar-refractivity contribution in [2.45, 2.75) is 13.8 Å². The first-order valence-corrected chi connectivity index (χ1v) is 9.93. The highest BCUT2D eigenvalue weighted by Gasteiger charge is 2.29. The number of benzene rings is 3. The summed E-state index contributed by atoms with van der Waals surface area (Å²) in [5, 5.41) is 4.97. The molecule has 0 aliphatic rings. The van der Waals surface area contributed by atoms with Crippen LogP contribution in [0.15, 0.2) is 53.0 Å². The molecule has 0 amide bonds. The lowest BCUT2D eigenvalue weighted by atomic mass is 10.0. The van der Waals surface area contributed by atoms with Crippen LogP contribution in [-0.4, -0.2) is 13.2 Å². The van der Waals surface area contributed by atoms with Crippen molar-refractivity contribution in [1.82, 2.24) is 0 Å². The number of hydrogen-bond donors (Lipinski definition) is 0. The van der Waals surface area contributed by atoms with Crippen molar-refractivity contribution < 1.29 is 13.6 Å². The Hall–Kier alpha value is -1.19. The number of rotatable bonds is 5. The third-order valence-electron chi connectivity index (χ3n) is 3.69. The molecule has 23 heavy (non-hydrogen) atoms. The van der Waals surface area contributed by atoms with Crippen LogP contribution >= 0.6 is 23.5 Å². The Bertz CT molecular complexity index is 897. The fourth-order valence-corrected chi connectivity index (χ4v) is 5.47. The van der Waals surface area contributed by atoms with Crippen molar-refractivity contribution in [3.8, 4) is 0 Å². The molecule has 3 rings (SSSR count). The normalized spacial score (nSPS) is 12.1. The molecule has 0 aliphatic carbocycles. The van der Waals surface area contributed by atoms with Crippen LogP contribution < -0.4 is 5.30 Å². The van der Waals surface area contributed by atoms with Crippen molar-refractivity contribution in [2.24, 2.45) is 0 Å². The minimum Gasteiger partial charge on any atom is -0.305 e. The molecule has 3 aromatic carbocycles. The summed E-state index contributed by atoms with van der Waals surface area (Å²) in [6, 6.07) is 16.2. The minimum absolute atomic E-state index is 0.333. The zero-order valence-electron chi connectivity index (χ0n) is 13.1. The first kappa shape index (κ1) is 16.7. The van der Waals surface area contributed by atoms with E-state index in [4.69, 9.17) is 9.05 Å². The van der Waals surface area contributed by atoms with Crippen LogP contribution in [0.4, 0.5) is 0 Å². The van der Waals surface area contributed by atoms with E-state index in [0.717, 1.165) is 20.6 Å². The summed E-state index contributed by atoms with van der Waals surface area (Å²) in [6.07, 6.45) is 0. The van der Waals surface area contributed by atoms with E-state index in [-0.39, 0.29) is 0 Å². The van der Waals surface area contributed by atoms with E-state index in [9.17, 15) is 4.57 Å². The fourth-order valence-electron chi connectivity index (χ4n) is 2.69. The summed E-state index contributed by atoms with van der Waals surface area (Å²) in [5.74, 6) is 0. The van der Waals surface area contributed by atoms with Gasteiger partial charge in [-0.3, -0.25) is 4.57 Å². The number of fused-ring (bicyclic) bond motifs is 2. The van der Waals surface area contributed by atoms with E-state index >= 15 is 0 Å². The summed E-state index contributed by atoms with van der Waals surface area (Å²) >= 11 is 3.61. The van der Waals surface area contributed by atoms with Crippen molar-refractivity contribution in [3.63, 3.8) is 0 Å². The van der Waals surface area contributed by atoms with Crippen LogP contribution in [0.2, 0.25) is 0 Å². The molecule has 0 aromatic heterocycles. The first-order valence-electron chi connectivity index (χ1n) is 7.59. The van der Waals surface area contributed by atoms with E-state index in [1.165, 1.54) is 5.39 Å². The molecule has 0 radical (unpaired) electrons. The third kappa shape index (κ3) is 3.09. The summed E-state index contributed by atoms with van der Waals surface area (Å²) in [5.41, 5.74) is 0. The average Bonchev–Trinajstić information content (AvgIpc) is 2.54. The molecule has 0 unspecified atom stereocenters. The van der Waals surface area contributed by atoms with Crippen LogP contribution in [0, 0.1) is 0 Å². The molecule has 0 heterocycles. The Morgan fingerprint density at radius 2 is 1.52 bits per heavy atom. The lowest BCUT2D eigenvalue weighted by molar-refractivity contribution is 0.230. The second-order valence-corrected chi connectivity index (χ2v) is 7.94. The highest BCUT2D eigenvalue weighted by atomic mass is 79.9. The molecular weight excluding hydrogens is 375 g/mol. The highest BCUT2D eigenvalue weighted by Crippen LogP contribution is 2.49. The molecule has 3 aromatic rings. The van der Waals surface area contributed by atoms with Gasteiger partial charge in [0.05, 0.1) is 18.5 Å². The summed E-state index contributed by atoms with van der Waals surface area (Å²) in [6.45, 7) is 4.29. The highest BCUT2D eigenvalue weighted by molar-refractivity contribution is 9.11. The molecule has 0 saturated heterocycles. The lowest BCUT2D eigenvalue weighted by Crippen LogP contribution is -2.12. The Morgan fingerprint density at radius 3 is 2.13 bits per heavy atom. The molecule has 0 atom stereocenters. The molecule has 5 heteroatoms. The van der Waals surface area contributed by atoms with Crippen LogP contribution in [0.25, 0.3) is 21.5 Å². The van der Waals surface area contributed by atoms with Gasteiger partial charge in [0.1, 0.15) is 0 Å². The molecule has 120 valence electrons. The van der Waals surface area contributed by atoms with Crippen molar-refractivity contribution in [1.29, 1.82) is 0 Å². The molecule has 0 saturated carbocycles. The van der Waals surface area contributed by atoms with Gasteiger partial charge in [-0.1, -0.05) is 30.3 Å². The topological polar surface area (TPSA) is 35.5 Å². The summed E-state index contributed by atoms with van der Waals surface area (Å²) in [4.78, 5) is 0. The maximum absolute atomic E-state index is 13.1. The Kier molecular flexibility index (Phi) is 4.88. The zero-order valence-corrected chi connectivity index (χ0v) is 15.6. The second kappa shape index (κ2) is 6.74. The van der Waals surface area contributed by atoms with Gasteiger partial charge in [-0.2, -0.15) is 0 Å². The van der Waals surface area contributed by atoms with Gasteiger partial charge < -0.3 is 9.05 Å². The average molecular weight is 393 g/mol. The van der Waals surface area contributed by atoms with E-state index in [2.05, 4.69) is 40.2 Å². The smallest absolute Gasteiger partial charge is 0.305 e. The predicted molar refractivity (Wildman–Crippen MR) is 99.6 cm³/mol. The molecule has 0 fully saturated rings. The largest absolute Gasteiger partial charge is 0.362 e. The maximum Gasteiger partial charge on any atom is 0.362 e. The van der Waals surface area contributed by atoms with Crippen LogP contribution in [0.3, 0.4) is 0 Å². The van der Waals surface area contributed by atoms with Gasteiger partial charge in [0.2, 0.25) is 0 Å². The monoisotopic (exact) mass is 392 g/mol. The third-order valence-corrected chi connectivity index (χ3v) is 7.01. The Morgan fingerprint density at radius 1 is 0.913 bits per heavy atom. The SMILES string of the molecule is CCOP(=O)(OCC)c1ccc2cc3ccccc3cc2c1Br. The fraction of sp³-hybridized carbons (Fsp3) is 0.222. The van der Waals surface area contributed by atoms with E-state index in [1.807, 2.05) is 38.1 Å². The second-order valence-electron chi connectivity index (χ2n) is 5.15. The standard InChI is InChI=1S/C18H18BrO3P/c1-3-21-23(20,22-4-2)17-10-9-15-11-13-7-5-6-8-14(13)12-16(15)18(17)19/h5-12H,3-4H2,1-2H3. The van der Waals surface area contributed by atoms with E-state index < -0.39 is 7.60 Å². The molecule has 0 aliphatic heterocycles. The molecule has 0 bridgehead atoms. The van der Waals surface area contributed by atoms with Crippen molar-refractivity contribution in [2.75, 3.05) is 13.2 Å². The predicted octanol–water partition coefficient (Wildman–Crippen LogP) is 5.65. The summed E-state index contributed by atoms with van der Waals surface area (Å²) in [7, 11) is -3.32. The Balaban J connectivity index is 2.25.